The van der Waals surface area contributed by atoms with Gasteiger partial charge in [0, 0.05) is 18.2 Å². The zero-order valence-corrected chi connectivity index (χ0v) is 16.7. The van der Waals surface area contributed by atoms with Crippen molar-refractivity contribution in [3.05, 3.63) is 71.9 Å². The van der Waals surface area contributed by atoms with Gasteiger partial charge in [-0.15, -0.1) is 0 Å². The standard InChI is InChI=1S/C22H22N4O4/c1-3-20(27)24-19-14-18(25-26(19)17-8-6-5-7-9-17)21(28)23-16-12-10-15(11-13-16)22(29)30-4-2/h5-14H,3-4H2,1-2H3,(H,23,28)(H,24,27). The zero-order chi connectivity index (χ0) is 21.5. The number of rotatable bonds is 7. The molecule has 0 atom stereocenters. The number of carbonyl (C=O) groups excluding carboxylic acids is 3. The van der Waals surface area contributed by atoms with Gasteiger partial charge in [-0.25, -0.2) is 9.48 Å². The first kappa shape index (κ1) is 20.8. The van der Waals surface area contributed by atoms with Crippen LogP contribution in [0.4, 0.5) is 11.5 Å². The lowest BCUT2D eigenvalue weighted by molar-refractivity contribution is -0.115. The summed E-state index contributed by atoms with van der Waals surface area (Å²) in [6.07, 6.45) is 0.300. The maximum atomic E-state index is 12.7. The van der Waals surface area contributed by atoms with Gasteiger partial charge in [-0.3, -0.25) is 9.59 Å². The van der Waals surface area contributed by atoms with Crippen molar-refractivity contribution in [2.45, 2.75) is 20.3 Å². The molecule has 0 saturated carbocycles. The van der Waals surface area contributed by atoms with Crippen LogP contribution in [0.1, 0.15) is 41.1 Å². The van der Waals surface area contributed by atoms with Crippen LogP contribution in [0.25, 0.3) is 5.69 Å². The molecule has 1 aromatic heterocycles. The molecule has 30 heavy (non-hydrogen) atoms. The van der Waals surface area contributed by atoms with Gasteiger partial charge in [-0.05, 0) is 43.3 Å². The topological polar surface area (TPSA) is 102 Å². The number of ether oxygens (including phenoxy) is 1. The molecule has 0 aliphatic carbocycles. The lowest BCUT2D eigenvalue weighted by Crippen LogP contribution is -2.14. The Morgan fingerprint density at radius 1 is 0.967 bits per heavy atom. The number of carbonyl (C=O) groups is 3. The predicted octanol–water partition coefficient (Wildman–Crippen LogP) is 3.65. The molecule has 0 unspecified atom stereocenters. The van der Waals surface area contributed by atoms with Gasteiger partial charge in [0.05, 0.1) is 17.9 Å². The molecule has 2 N–H and O–H groups in total. The summed E-state index contributed by atoms with van der Waals surface area (Å²) in [4.78, 5) is 36.3. The second kappa shape index (κ2) is 9.51. The zero-order valence-electron chi connectivity index (χ0n) is 16.7. The number of nitrogens with one attached hydrogen (secondary N) is 2. The molecule has 2 amide bonds. The summed E-state index contributed by atoms with van der Waals surface area (Å²) >= 11 is 0. The van der Waals surface area contributed by atoms with Crippen LogP contribution in [0.5, 0.6) is 0 Å². The fourth-order valence-electron chi connectivity index (χ4n) is 2.68. The second-order valence-electron chi connectivity index (χ2n) is 6.32. The van der Waals surface area contributed by atoms with E-state index in [1.54, 1.807) is 38.1 Å². The number of nitrogens with zero attached hydrogens (tertiary/aromatic N) is 2. The molecule has 0 saturated heterocycles. The normalized spacial score (nSPS) is 10.3. The van der Waals surface area contributed by atoms with Crippen LogP contribution in [0, 0.1) is 0 Å². The summed E-state index contributed by atoms with van der Waals surface area (Å²) in [6, 6.07) is 17.1. The lowest BCUT2D eigenvalue weighted by Gasteiger charge is -2.07. The molecule has 1 heterocycles. The van der Waals surface area contributed by atoms with Crippen LogP contribution in [0.2, 0.25) is 0 Å². The van der Waals surface area contributed by atoms with Crippen LogP contribution in [0.3, 0.4) is 0 Å². The molecule has 0 aliphatic heterocycles. The Kier molecular flexibility index (Phi) is 6.59. The first-order valence-corrected chi connectivity index (χ1v) is 9.55. The van der Waals surface area contributed by atoms with Crippen LogP contribution < -0.4 is 10.6 Å². The maximum absolute atomic E-state index is 12.7. The van der Waals surface area contributed by atoms with Gasteiger partial charge in [0.15, 0.2) is 5.69 Å². The second-order valence-corrected chi connectivity index (χ2v) is 6.32. The summed E-state index contributed by atoms with van der Waals surface area (Å²) in [5, 5.41) is 9.85. The Morgan fingerprint density at radius 2 is 1.67 bits per heavy atom. The van der Waals surface area contributed by atoms with Crippen LogP contribution in [0.15, 0.2) is 60.7 Å². The van der Waals surface area contributed by atoms with Crippen LogP contribution >= 0.6 is 0 Å². The van der Waals surface area contributed by atoms with E-state index < -0.39 is 11.9 Å². The maximum Gasteiger partial charge on any atom is 0.338 e. The number of anilines is 2. The highest BCUT2D eigenvalue weighted by atomic mass is 16.5. The molecular formula is C22H22N4O4. The fraction of sp³-hybridized carbons (Fsp3) is 0.182. The van der Waals surface area contributed by atoms with Crippen molar-refractivity contribution in [3.8, 4) is 5.69 Å². The van der Waals surface area contributed by atoms with E-state index >= 15 is 0 Å². The van der Waals surface area contributed by atoms with Crippen molar-refractivity contribution in [3.63, 3.8) is 0 Å². The number of hydrogen-bond donors (Lipinski definition) is 2. The van der Waals surface area contributed by atoms with E-state index in [9.17, 15) is 14.4 Å². The van der Waals surface area contributed by atoms with Gasteiger partial charge in [0.1, 0.15) is 5.82 Å². The smallest absolute Gasteiger partial charge is 0.338 e. The highest BCUT2D eigenvalue weighted by molar-refractivity contribution is 6.04. The van der Waals surface area contributed by atoms with Crippen molar-refractivity contribution in [2.75, 3.05) is 17.2 Å². The Bertz CT molecular complexity index is 1040. The van der Waals surface area contributed by atoms with Gasteiger partial charge in [0.25, 0.3) is 5.91 Å². The molecule has 0 fully saturated rings. The van der Waals surface area contributed by atoms with Gasteiger partial charge < -0.3 is 15.4 Å². The van der Waals surface area contributed by atoms with Gasteiger partial charge in [0.2, 0.25) is 5.91 Å². The van der Waals surface area contributed by atoms with E-state index in [4.69, 9.17) is 4.74 Å². The molecule has 2 aromatic carbocycles. The van der Waals surface area contributed by atoms with E-state index in [0.29, 0.717) is 29.2 Å². The minimum Gasteiger partial charge on any atom is -0.462 e. The number of benzene rings is 2. The van der Waals surface area contributed by atoms with E-state index in [1.807, 2.05) is 30.3 Å². The van der Waals surface area contributed by atoms with Gasteiger partial charge >= 0.3 is 5.97 Å². The van der Waals surface area contributed by atoms with Crippen molar-refractivity contribution in [2.24, 2.45) is 0 Å². The first-order chi connectivity index (χ1) is 14.5. The number of hydrogen-bond acceptors (Lipinski definition) is 5. The van der Waals surface area contributed by atoms with E-state index in [0.717, 1.165) is 0 Å². The van der Waals surface area contributed by atoms with Crippen molar-refractivity contribution in [1.82, 2.24) is 9.78 Å². The third kappa shape index (κ3) is 4.91. The molecule has 8 nitrogen and oxygen atoms in total. The molecule has 154 valence electrons. The van der Waals surface area contributed by atoms with E-state index in [2.05, 4.69) is 15.7 Å². The quantitative estimate of drug-likeness (QED) is 0.583. The Hall–Kier alpha value is -3.94. The third-order valence-electron chi connectivity index (χ3n) is 4.19. The number of para-hydroxylation sites is 1. The summed E-state index contributed by atoms with van der Waals surface area (Å²) in [6.45, 7) is 3.77. The van der Waals surface area contributed by atoms with Gasteiger partial charge in [-0.1, -0.05) is 25.1 Å². The first-order valence-electron chi connectivity index (χ1n) is 9.55. The number of aromatic nitrogens is 2. The minimum atomic E-state index is -0.444. The Balaban J connectivity index is 1.82. The Labute approximate surface area is 173 Å². The monoisotopic (exact) mass is 406 g/mol. The molecule has 3 aromatic rings. The van der Waals surface area contributed by atoms with Crippen LogP contribution in [-0.2, 0) is 9.53 Å². The van der Waals surface area contributed by atoms with Crippen molar-refractivity contribution < 1.29 is 19.1 Å². The van der Waals surface area contributed by atoms with Crippen LogP contribution in [-0.4, -0.2) is 34.2 Å². The molecule has 3 rings (SSSR count). The number of esters is 1. The largest absolute Gasteiger partial charge is 0.462 e. The molecular weight excluding hydrogens is 384 g/mol. The summed E-state index contributed by atoms with van der Waals surface area (Å²) in [5.41, 5.74) is 1.75. The summed E-state index contributed by atoms with van der Waals surface area (Å²) < 4.78 is 6.45. The minimum absolute atomic E-state index is 0.139. The highest BCUT2D eigenvalue weighted by Crippen LogP contribution is 2.19. The third-order valence-corrected chi connectivity index (χ3v) is 4.19. The molecule has 8 heteroatoms. The summed E-state index contributed by atoms with van der Waals surface area (Å²) in [7, 11) is 0. The lowest BCUT2D eigenvalue weighted by atomic mass is 10.2. The molecule has 0 spiro atoms. The van der Waals surface area contributed by atoms with Crippen molar-refractivity contribution in [1.29, 1.82) is 0 Å². The molecule has 0 radical (unpaired) electrons. The average molecular weight is 406 g/mol. The SMILES string of the molecule is CCOC(=O)c1ccc(NC(=O)c2cc(NC(=O)CC)n(-c3ccccc3)n2)cc1. The molecule has 0 bridgehead atoms. The van der Waals surface area contributed by atoms with E-state index in [1.165, 1.54) is 10.7 Å². The van der Waals surface area contributed by atoms with Gasteiger partial charge in [-0.2, -0.15) is 5.10 Å². The summed E-state index contributed by atoms with van der Waals surface area (Å²) in [5.74, 6) is -0.654. The predicted molar refractivity (Wildman–Crippen MR) is 113 cm³/mol. The van der Waals surface area contributed by atoms with Crippen molar-refractivity contribution >= 4 is 29.3 Å². The Morgan fingerprint density at radius 3 is 2.30 bits per heavy atom. The fourth-order valence-corrected chi connectivity index (χ4v) is 2.68. The number of amides is 2. The highest BCUT2D eigenvalue weighted by Gasteiger charge is 2.17. The molecule has 0 aliphatic rings. The average Bonchev–Trinajstić information content (AvgIpc) is 3.19. The van der Waals surface area contributed by atoms with E-state index in [-0.39, 0.29) is 18.2 Å².